The van der Waals surface area contributed by atoms with E-state index in [4.69, 9.17) is 5.11 Å². The Morgan fingerprint density at radius 1 is 1.33 bits per heavy atom. The monoisotopic (exact) mass is 160 g/mol. The molecule has 0 fully saturated rings. The summed E-state index contributed by atoms with van der Waals surface area (Å²) in [5.41, 5.74) is 1.20. The molecule has 1 aliphatic carbocycles. The summed E-state index contributed by atoms with van der Waals surface area (Å²) < 4.78 is 0. The molecule has 0 saturated heterocycles. The number of hydrogen-bond acceptors (Lipinski definition) is 1. The number of rotatable bonds is 0. The summed E-state index contributed by atoms with van der Waals surface area (Å²) in [6.45, 7) is -0.103. The topological polar surface area (TPSA) is 20.2 Å². The van der Waals surface area contributed by atoms with E-state index < -0.39 is 0 Å². The Morgan fingerprint density at radius 2 is 2.25 bits per heavy atom. The minimum Gasteiger partial charge on any atom is -0.384 e. The van der Waals surface area contributed by atoms with Crippen molar-refractivity contribution in [3.63, 3.8) is 0 Å². The zero-order valence-corrected chi connectivity index (χ0v) is 7.06. The highest BCUT2D eigenvalue weighted by Gasteiger charge is 1.98. The van der Waals surface area contributed by atoms with Gasteiger partial charge in [-0.05, 0) is 43.1 Å². The SMILES string of the molecule is OCC#CC#CC1=CCCCC1. The molecule has 0 spiro atoms. The molecule has 0 unspecified atom stereocenters. The maximum absolute atomic E-state index is 8.35. The summed E-state index contributed by atoms with van der Waals surface area (Å²) in [6.07, 6.45) is 6.95. The van der Waals surface area contributed by atoms with Gasteiger partial charge >= 0.3 is 0 Å². The summed E-state index contributed by atoms with van der Waals surface area (Å²) in [7, 11) is 0. The lowest BCUT2D eigenvalue weighted by molar-refractivity contribution is 0.350. The van der Waals surface area contributed by atoms with Crippen LogP contribution in [0.5, 0.6) is 0 Å². The van der Waals surface area contributed by atoms with Crippen molar-refractivity contribution in [3.8, 4) is 23.7 Å². The molecule has 1 N–H and O–H groups in total. The molecule has 0 heterocycles. The van der Waals surface area contributed by atoms with Gasteiger partial charge in [0.15, 0.2) is 0 Å². The van der Waals surface area contributed by atoms with E-state index in [0.29, 0.717) is 0 Å². The van der Waals surface area contributed by atoms with Gasteiger partial charge in [-0.15, -0.1) is 0 Å². The highest BCUT2D eigenvalue weighted by Crippen LogP contribution is 2.15. The molecule has 0 aromatic heterocycles. The minimum absolute atomic E-state index is 0.103. The smallest absolute Gasteiger partial charge is 0.105 e. The quantitative estimate of drug-likeness (QED) is 0.532. The summed E-state index contributed by atoms with van der Waals surface area (Å²) in [5, 5.41) is 8.35. The molecule has 1 rings (SSSR count). The molecule has 12 heavy (non-hydrogen) atoms. The molecule has 1 heteroatoms. The fourth-order valence-corrected chi connectivity index (χ4v) is 1.15. The number of aliphatic hydroxyl groups is 1. The predicted molar refractivity (Wildman–Crippen MR) is 49.2 cm³/mol. The van der Waals surface area contributed by atoms with Gasteiger partial charge in [-0.2, -0.15) is 0 Å². The first-order valence-electron chi connectivity index (χ1n) is 4.22. The molecule has 0 saturated carbocycles. The lowest BCUT2D eigenvalue weighted by atomic mass is 10.0. The molecule has 1 aliphatic rings. The Labute approximate surface area is 73.5 Å². The van der Waals surface area contributed by atoms with E-state index in [-0.39, 0.29) is 6.61 Å². The van der Waals surface area contributed by atoms with E-state index in [0.717, 1.165) is 12.8 Å². The van der Waals surface area contributed by atoms with Crippen molar-refractivity contribution in [2.75, 3.05) is 6.61 Å². The fourth-order valence-electron chi connectivity index (χ4n) is 1.15. The summed E-state index contributed by atoms with van der Waals surface area (Å²) >= 11 is 0. The molecule has 62 valence electrons. The van der Waals surface area contributed by atoms with Crippen LogP contribution in [0.25, 0.3) is 0 Å². The van der Waals surface area contributed by atoms with Crippen molar-refractivity contribution < 1.29 is 5.11 Å². The lowest BCUT2D eigenvalue weighted by Crippen LogP contribution is -1.88. The molecule has 0 aromatic carbocycles. The highest BCUT2D eigenvalue weighted by molar-refractivity contribution is 5.37. The second kappa shape index (κ2) is 5.47. The molecule has 1 nitrogen and oxygen atoms in total. The summed E-state index contributed by atoms with van der Waals surface area (Å²) in [6, 6.07) is 0. The summed E-state index contributed by atoms with van der Waals surface area (Å²) in [5.74, 6) is 10.8. The molecule has 0 bridgehead atoms. The number of aliphatic hydroxyl groups excluding tert-OH is 1. The third kappa shape index (κ3) is 3.28. The highest BCUT2D eigenvalue weighted by atomic mass is 16.2. The Hall–Kier alpha value is -1.18. The largest absolute Gasteiger partial charge is 0.384 e. The van der Waals surface area contributed by atoms with Gasteiger partial charge in [0.05, 0.1) is 0 Å². The van der Waals surface area contributed by atoms with E-state index in [1.165, 1.54) is 18.4 Å². The average molecular weight is 160 g/mol. The van der Waals surface area contributed by atoms with Crippen LogP contribution in [-0.4, -0.2) is 11.7 Å². The lowest BCUT2D eigenvalue weighted by Gasteiger charge is -2.04. The van der Waals surface area contributed by atoms with Crippen LogP contribution in [0, 0.1) is 23.7 Å². The van der Waals surface area contributed by atoms with Crippen molar-refractivity contribution in [1.82, 2.24) is 0 Å². The van der Waals surface area contributed by atoms with Crippen molar-refractivity contribution in [1.29, 1.82) is 0 Å². The van der Waals surface area contributed by atoms with E-state index in [1.807, 2.05) is 0 Å². The van der Waals surface area contributed by atoms with Gasteiger partial charge in [0.2, 0.25) is 0 Å². The maximum atomic E-state index is 8.35. The number of allylic oxidation sites excluding steroid dienone is 2. The molecule has 0 radical (unpaired) electrons. The average Bonchev–Trinajstić information content (AvgIpc) is 2.14. The standard InChI is InChI=1S/C11H12O/c12-10-6-2-5-9-11-7-3-1-4-8-11/h7,12H,1,3-4,8,10H2. The zero-order valence-electron chi connectivity index (χ0n) is 7.06. The van der Waals surface area contributed by atoms with Gasteiger partial charge in [-0.25, -0.2) is 0 Å². The van der Waals surface area contributed by atoms with E-state index in [9.17, 15) is 0 Å². The Morgan fingerprint density at radius 3 is 2.92 bits per heavy atom. The van der Waals surface area contributed by atoms with Crippen molar-refractivity contribution in [2.45, 2.75) is 25.7 Å². The van der Waals surface area contributed by atoms with Crippen LogP contribution in [0.2, 0.25) is 0 Å². The molecule has 0 amide bonds. The molecule has 0 atom stereocenters. The number of hydrogen-bond donors (Lipinski definition) is 1. The second-order valence-electron chi connectivity index (χ2n) is 2.69. The first-order chi connectivity index (χ1) is 5.93. The van der Waals surface area contributed by atoms with Gasteiger partial charge in [-0.3, -0.25) is 0 Å². The molecule has 0 aliphatic heterocycles. The van der Waals surface area contributed by atoms with Crippen LogP contribution in [0.3, 0.4) is 0 Å². The van der Waals surface area contributed by atoms with Gasteiger partial charge in [0, 0.05) is 0 Å². The molecule has 0 aromatic rings. The van der Waals surface area contributed by atoms with Gasteiger partial charge in [0.25, 0.3) is 0 Å². The third-order valence-corrected chi connectivity index (χ3v) is 1.74. The normalized spacial score (nSPS) is 14.9. The Balaban J connectivity index is 2.46. The van der Waals surface area contributed by atoms with Crippen LogP contribution in [0.1, 0.15) is 25.7 Å². The first-order valence-corrected chi connectivity index (χ1v) is 4.22. The van der Waals surface area contributed by atoms with Crippen LogP contribution in [-0.2, 0) is 0 Å². The van der Waals surface area contributed by atoms with E-state index in [2.05, 4.69) is 29.8 Å². The Bertz CT molecular complexity index is 278. The van der Waals surface area contributed by atoms with Gasteiger partial charge in [0.1, 0.15) is 6.61 Å². The van der Waals surface area contributed by atoms with Crippen molar-refractivity contribution in [2.24, 2.45) is 0 Å². The van der Waals surface area contributed by atoms with Crippen molar-refractivity contribution >= 4 is 0 Å². The Kier molecular flexibility index (Phi) is 4.06. The van der Waals surface area contributed by atoms with Gasteiger partial charge in [-0.1, -0.05) is 17.9 Å². The van der Waals surface area contributed by atoms with Crippen molar-refractivity contribution in [3.05, 3.63) is 11.6 Å². The minimum atomic E-state index is -0.103. The fraction of sp³-hybridized carbons (Fsp3) is 0.455. The van der Waals surface area contributed by atoms with E-state index >= 15 is 0 Å². The summed E-state index contributed by atoms with van der Waals surface area (Å²) in [4.78, 5) is 0. The van der Waals surface area contributed by atoms with Crippen LogP contribution in [0.4, 0.5) is 0 Å². The third-order valence-electron chi connectivity index (χ3n) is 1.74. The van der Waals surface area contributed by atoms with E-state index in [1.54, 1.807) is 0 Å². The van der Waals surface area contributed by atoms with Crippen LogP contribution >= 0.6 is 0 Å². The zero-order chi connectivity index (χ0) is 8.65. The maximum Gasteiger partial charge on any atom is 0.105 e. The van der Waals surface area contributed by atoms with Crippen LogP contribution < -0.4 is 0 Å². The first kappa shape index (κ1) is 8.91. The van der Waals surface area contributed by atoms with Gasteiger partial charge < -0.3 is 5.11 Å². The molecular weight excluding hydrogens is 148 g/mol. The molecular formula is C11H12O. The second-order valence-corrected chi connectivity index (χ2v) is 2.69. The predicted octanol–water partition coefficient (Wildman–Crippen LogP) is 1.49. The van der Waals surface area contributed by atoms with Crippen LogP contribution in [0.15, 0.2) is 11.6 Å².